The fraction of sp³-hybridized carbons (Fsp3) is 0.700. The van der Waals surface area contributed by atoms with Gasteiger partial charge in [0, 0.05) is 25.7 Å². The number of nitrogen functional groups attached to an aromatic ring is 1. The van der Waals surface area contributed by atoms with Gasteiger partial charge in [-0.1, -0.05) is 26.2 Å². The Morgan fingerprint density at radius 2 is 2.04 bits per heavy atom. The van der Waals surface area contributed by atoms with E-state index in [2.05, 4.69) is 21.8 Å². The van der Waals surface area contributed by atoms with Gasteiger partial charge in [0.1, 0.15) is 17.5 Å². The molecule has 2 aromatic rings. The van der Waals surface area contributed by atoms with Crippen molar-refractivity contribution in [2.24, 2.45) is 0 Å². The Hall–Kier alpha value is -1.69. The number of hydrogen-bond acceptors (Lipinski definition) is 4. The van der Waals surface area contributed by atoms with E-state index in [1.807, 2.05) is 6.20 Å². The number of nitrogens with one attached hydrogen (secondary N) is 1. The number of hydrogen-bond donors (Lipinski definition) is 2. The third kappa shape index (κ3) is 4.93. The number of likely N-dealkylation sites (tertiary alicyclic amines) is 1. The van der Waals surface area contributed by atoms with Crippen molar-refractivity contribution >= 4 is 16.9 Å². The van der Waals surface area contributed by atoms with Crippen molar-refractivity contribution in [3.63, 3.8) is 0 Å². The van der Waals surface area contributed by atoms with E-state index in [1.165, 1.54) is 18.4 Å². The number of nitrogens with two attached hydrogens (primary N) is 1. The van der Waals surface area contributed by atoms with Crippen LogP contribution in [-0.2, 0) is 12.8 Å². The lowest BCUT2D eigenvalue weighted by Crippen LogP contribution is -2.22. The minimum absolute atomic E-state index is 0.559. The third-order valence-corrected chi connectivity index (χ3v) is 5.32. The molecule has 144 valence electrons. The Labute approximate surface area is 155 Å². The van der Waals surface area contributed by atoms with Crippen LogP contribution in [-0.4, -0.2) is 45.7 Å². The lowest BCUT2D eigenvalue weighted by Gasteiger charge is -2.13. The predicted octanol–water partition coefficient (Wildman–Crippen LogP) is 4.03. The van der Waals surface area contributed by atoms with E-state index in [0.29, 0.717) is 18.8 Å². The molecule has 3 heterocycles. The zero-order chi connectivity index (χ0) is 18.4. The normalized spacial score (nSPS) is 18.2. The number of nitrogens with zero attached hydrogens (tertiary/aromatic N) is 3. The van der Waals surface area contributed by atoms with Gasteiger partial charge >= 0.3 is 0 Å². The molecule has 1 fully saturated rings. The van der Waals surface area contributed by atoms with Gasteiger partial charge in [0.05, 0.1) is 5.52 Å². The van der Waals surface area contributed by atoms with Crippen molar-refractivity contribution in [2.75, 3.05) is 25.4 Å². The molecule has 0 radical (unpaired) electrons. The van der Waals surface area contributed by atoms with Gasteiger partial charge in [-0.25, -0.2) is 14.4 Å². The zero-order valence-corrected chi connectivity index (χ0v) is 15.9. The van der Waals surface area contributed by atoms with Gasteiger partial charge < -0.3 is 15.6 Å². The second-order valence-electron chi connectivity index (χ2n) is 7.52. The van der Waals surface area contributed by atoms with E-state index in [4.69, 9.17) is 10.7 Å². The monoisotopic (exact) mass is 361 g/mol. The number of aromatic nitrogens is 3. The fourth-order valence-electron chi connectivity index (χ4n) is 3.76. The summed E-state index contributed by atoms with van der Waals surface area (Å²) in [6.45, 7) is 4.77. The van der Waals surface area contributed by atoms with E-state index in [9.17, 15) is 4.39 Å². The van der Waals surface area contributed by atoms with Gasteiger partial charge in [-0.05, 0) is 44.2 Å². The Kier molecular flexibility index (Phi) is 6.83. The second-order valence-corrected chi connectivity index (χ2v) is 7.52. The summed E-state index contributed by atoms with van der Waals surface area (Å²) in [7, 11) is 0. The number of halogens is 1. The average molecular weight is 362 g/mol. The molecule has 3 rings (SSSR count). The molecule has 0 amide bonds. The van der Waals surface area contributed by atoms with Crippen LogP contribution in [0.2, 0.25) is 0 Å². The molecule has 0 aromatic carbocycles. The highest BCUT2D eigenvalue weighted by Gasteiger charge is 2.20. The second kappa shape index (κ2) is 9.31. The zero-order valence-electron chi connectivity index (χ0n) is 15.9. The van der Waals surface area contributed by atoms with Crippen molar-refractivity contribution in [2.45, 2.75) is 70.9 Å². The van der Waals surface area contributed by atoms with Crippen LogP contribution in [0.4, 0.5) is 10.2 Å². The lowest BCUT2D eigenvalue weighted by molar-refractivity contribution is 0.283. The highest BCUT2D eigenvalue weighted by molar-refractivity contribution is 5.87. The Balaban J connectivity index is 1.45. The van der Waals surface area contributed by atoms with Gasteiger partial charge in [-0.3, -0.25) is 0 Å². The molecular weight excluding hydrogens is 329 g/mol. The Bertz CT molecular complexity index is 699. The highest BCUT2D eigenvalue weighted by Crippen LogP contribution is 2.23. The molecule has 1 aliphatic rings. The average Bonchev–Trinajstić information content (AvgIpc) is 3.22. The van der Waals surface area contributed by atoms with Gasteiger partial charge in [-0.2, -0.15) is 0 Å². The number of alkyl halides is 1. The largest absolute Gasteiger partial charge is 0.382 e. The lowest BCUT2D eigenvalue weighted by atomic mass is 10.1. The molecular formula is C20H32FN5. The van der Waals surface area contributed by atoms with Crippen LogP contribution in [0.3, 0.4) is 0 Å². The molecule has 2 aromatic heterocycles. The standard InChI is InChI=1S/C20H32FN5/c1-2-3-9-17-24-18-15(13-23-19(18)20(22)25-17)8-6-4-5-7-11-26-12-10-16(21)14-26/h13,16,23H,2-12,14H2,1H3,(H2,22,24,25)/t16-/m0/s1. The first kappa shape index (κ1) is 19.1. The first-order valence-electron chi connectivity index (χ1n) is 10.2. The number of aromatic amines is 1. The Morgan fingerprint density at radius 1 is 1.19 bits per heavy atom. The number of unbranched alkanes of at least 4 members (excludes halogenated alkanes) is 4. The summed E-state index contributed by atoms with van der Waals surface area (Å²) < 4.78 is 13.1. The molecule has 0 aliphatic carbocycles. The quantitative estimate of drug-likeness (QED) is 0.627. The van der Waals surface area contributed by atoms with E-state index in [0.717, 1.165) is 68.5 Å². The van der Waals surface area contributed by atoms with Crippen LogP contribution in [0.15, 0.2) is 6.20 Å². The maximum Gasteiger partial charge on any atom is 0.151 e. The summed E-state index contributed by atoms with van der Waals surface area (Å²) in [4.78, 5) is 14.7. The number of fused-ring (bicyclic) bond motifs is 1. The summed E-state index contributed by atoms with van der Waals surface area (Å²) in [5, 5.41) is 0. The Morgan fingerprint density at radius 3 is 2.81 bits per heavy atom. The number of H-pyrrole nitrogens is 1. The molecule has 0 bridgehead atoms. The van der Waals surface area contributed by atoms with Crippen LogP contribution < -0.4 is 5.73 Å². The minimum Gasteiger partial charge on any atom is -0.382 e. The summed E-state index contributed by atoms with van der Waals surface area (Å²) in [6.07, 6.45) is 11.0. The maximum atomic E-state index is 13.1. The van der Waals surface area contributed by atoms with Crippen molar-refractivity contribution in [3.8, 4) is 0 Å². The maximum absolute atomic E-state index is 13.1. The summed E-state index contributed by atoms with van der Waals surface area (Å²) in [6, 6.07) is 0. The van der Waals surface area contributed by atoms with E-state index in [1.54, 1.807) is 0 Å². The van der Waals surface area contributed by atoms with Gasteiger partial charge in [0.25, 0.3) is 0 Å². The molecule has 1 aliphatic heterocycles. The molecule has 0 unspecified atom stereocenters. The molecule has 0 spiro atoms. The fourth-order valence-corrected chi connectivity index (χ4v) is 3.76. The van der Waals surface area contributed by atoms with Crippen molar-refractivity contribution in [1.82, 2.24) is 19.9 Å². The number of rotatable bonds is 10. The van der Waals surface area contributed by atoms with E-state index in [-0.39, 0.29) is 0 Å². The van der Waals surface area contributed by atoms with Crippen molar-refractivity contribution in [1.29, 1.82) is 0 Å². The molecule has 0 saturated carbocycles. The van der Waals surface area contributed by atoms with Crippen LogP contribution >= 0.6 is 0 Å². The molecule has 3 N–H and O–H groups in total. The topological polar surface area (TPSA) is 70.8 Å². The summed E-state index contributed by atoms with van der Waals surface area (Å²) >= 11 is 0. The third-order valence-electron chi connectivity index (χ3n) is 5.32. The van der Waals surface area contributed by atoms with Crippen LogP contribution in [0.1, 0.15) is 63.3 Å². The van der Waals surface area contributed by atoms with Crippen LogP contribution in [0.5, 0.6) is 0 Å². The predicted molar refractivity (Wildman–Crippen MR) is 105 cm³/mol. The van der Waals surface area contributed by atoms with E-state index >= 15 is 0 Å². The first-order valence-corrected chi connectivity index (χ1v) is 10.2. The van der Waals surface area contributed by atoms with Gasteiger partial charge in [0.2, 0.25) is 0 Å². The van der Waals surface area contributed by atoms with Crippen LogP contribution in [0.25, 0.3) is 11.0 Å². The molecule has 1 atom stereocenters. The van der Waals surface area contributed by atoms with Gasteiger partial charge in [0.15, 0.2) is 5.82 Å². The van der Waals surface area contributed by atoms with Crippen molar-refractivity contribution in [3.05, 3.63) is 17.6 Å². The minimum atomic E-state index is -0.603. The molecule has 5 nitrogen and oxygen atoms in total. The van der Waals surface area contributed by atoms with E-state index < -0.39 is 6.17 Å². The summed E-state index contributed by atoms with van der Waals surface area (Å²) in [5.74, 6) is 1.42. The smallest absolute Gasteiger partial charge is 0.151 e. The van der Waals surface area contributed by atoms with Crippen molar-refractivity contribution < 1.29 is 4.39 Å². The molecule has 6 heteroatoms. The first-order chi connectivity index (χ1) is 12.7. The number of aryl methyl sites for hydroxylation is 2. The highest BCUT2D eigenvalue weighted by atomic mass is 19.1. The summed E-state index contributed by atoms with van der Waals surface area (Å²) in [5.41, 5.74) is 9.20. The molecule has 26 heavy (non-hydrogen) atoms. The van der Waals surface area contributed by atoms with Crippen LogP contribution in [0, 0.1) is 0 Å². The SMILES string of the molecule is CCCCc1nc(N)c2[nH]cc(CCCCCCN3CC[C@H](F)C3)c2n1. The number of anilines is 1. The van der Waals surface area contributed by atoms with Gasteiger partial charge in [-0.15, -0.1) is 0 Å². The molecule has 1 saturated heterocycles.